The Morgan fingerprint density at radius 1 is 0.903 bits per heavy atom. The van der Waals surface area contributed by atoms with Crippen molar-refractivity contribution in [2.45, 2.75) is 6.92 Å². The van der Waals surface area contributed by atoms with Crippen molar-refractivity contribution in [3.05, 3.63) is 83.4 Å². The first-order valence-corrected chi connectivity index (χ1v) is 10.3. The molecule has 0 atom stereocenters. The Hall–Kier alpha value is -3.64. The molecular weight excluding hydrogens is 390 g/mol. The van der Waals surface area contributed by atoms with Gasteiger partial charge in [-0.05, 0) is 66.1 Å². The zero-order valence-corrected chi connectivity index (χ0v) is 17.4. The molecule has 4 rings (SSSR count). The standard InChI is InChI=1S/C25H25N3O3/c1-17-3-2-4-22(13-17)27-24(30)21-14-20(15-23(29)16-21)18-5-7-19(8-6-18)25(31)28-11-9-26-10-12-28/h2-8,13-16,26,29H,9-12H2,1H3,(H,27,30). The van der Waals surface area contributed by atoms with Gasteiger partial charge in [0.25, 0.3) is 11.8 Å². The van der Waals surface area contributed by atoms with E-state index in [1.54, 1.807) is 24.3 Å². The Labute approximate surface area is 181 Å². The van der Waals surface area contributed by atoms with Gasteiger partial charge in [-0.2, -0.15) is 0 Å². The van der Waals surface area contributed by atoms with Gasteiger partial charge in [0, 0.05) is 43.0 Å². The van der Waals surface area contributed by atoms with E-state index in [9.17, 15) is 14.7 Å². The first-order valence-electron chi connectivity index (χ1n) is 10.3. The van der Waals surface area contributed by atoms with Gasteiger partial charge in [-0.3, -0.25) is 9.59 Å². The minimum Gasteiger partial charge on any atom is -0.508 e. The number of anilines is 1. The first-order chi connectivity index (χ1) is 15.0. The molecule has 1 saturated heterocycles. The smallest absolute Gasteiger partial charge is 0.255 e. The fraction of sp³-hybridized carbons (Fsp3) is 0.200. The number of rotatable bonds is 4. The topological polar surface area (TPSA) is 81.7 Å². The molecule has 0 radical (unpaired) electrons. The third-order valence-electron chi connectivity index (χ3n) is 5.33. The maximum absolute atomic E-state index is 12.7. The summed E-state index contributed by atoms with van der Waals surface area (Å²) in [7, 11) is 0. The van der Waals surface area contributed by atoms with Crippen molar-refractivity contribution >= 4 is 17.5 Å². The van der Waals surface area contributed by atoms with E-state index in [-0.39, 0.29) is 17.6 Å². The number of phenolic OH excluding ortho intramolecular Hbond substituents is 1. The van der Waals surface area contributed by atoms with Crippen molar-refractivity contribution in [1.82, 2.24) is 10.2 Å². The second-order valence-corrected chi connectivity index (χ2v) is 7.71. The van der Waals surface area contributed by atoms with Gasteiger partial charge in [0.15, 0.2) is 0 Å². The Morgan fingerprint density at radius 2 is 1.65 bits per heavy atom. The van der Waals surface area contributed by atoms with E-state index in [4.69, 9.17) is 0 Å². The maximum atomic E-state index is 12.7. The number of piperazine rings is 1. The van der Waals surface area contributed by atoms with Crippen molar-refractivity contribution < 1.29 is 14.7 Å². The molecule has 3 aromatic carbocycles. The Morgan fingerprint density at radius 3 is 2.35 bits per heavy atom. The summed E-state index contributed by atoms with van der Waals surface area (Å²) in [6.45, 7) is 4.97. The molecular formula is C25H25N3O3. The molecule has 2 amide bonds. The van der Waals surface area contributed by atoms with Crippen LogP contribution in [0.4, 0.5) is 5.69 Å². The van der Waals surface area contributed by atoms with Crippen LogP contribution in [0.1, 0.15) is 26.3 Å². The molecule has 1 aliphatic rings. The molecule has 0 aliphatic carbocycles. The van der Waals surface area contributed by atoms with Crippen molar-refractivity contribution in [2.24, 2.45) is 0 Å². The van der Waals surface area contributed by atoms with E-state index in [1.165, 1.54) is 6.07 Å². The summed E-state index contributed by atoms with van der Waals surface area (Å²) in [6.07, 6.45) is 0. The number of benzene rings is 3. The number of aromatic hydroxyl groups is 1. The van der Waals surface area contributed by atoms with Crippen molar-refractivity contribution in [1.29, 1.82) is 0 Å². The van der Waals surface area contributed by atoms with E-state index in [2.05, 4.69) is 10.6 Å². The summed E-state index contributed by atoms with van der Waals surface area (Å²) in [5.41, 5.74) is 4.25. The molecule has 31 heavy (non-hydrogen) atoms. The number of hydrogen-bond donors (Lipinski definition) is 3. The van der Waals surface area contributed by atoms with E-state index >= 15 is 0 Å². The highest BCUT2D eigenvalue weighted by molar-refractivity contribution is 6.05. The Kier molecular flexibility index (Phi) is 6.00. The summed E-state index contributed by atoms with van der Waals surface area (Å²) in [6, 6.07) is 19.6. The van der Waals surface area contributed by atoms with Gasteiger partial charge in [-0.1, -0.05) is 24.3 Å². The molecule has 6 nitrogen and oxygen atoms in total. The minimum atomic E-state index is -0.298. The molecule has 1 aliphatic heterocycles. The summed E-state index contributed by atoms with van der Waals surface area (Å²) in [5, 5.41) is 16.3. The van der Waals surface area contributed by atoms with Gasteiger partial charge in [0.1, 0.15) is 5.75 Å². The van der Waals surface area contributed by atoms with Gasteiger partial charge in [0.05, 0.1) is 0 Å². The average Bonchev–Trinajstić information content (AvgIpc) is 2.79. The van der Waals surface area contributed by atoms with Gasteiger partial charge < -0.3 is 20.6 Å². The van der Waals surface area contributed by atoms with Crippen LogP contribution in [0.25, 0.3) is 11.1 Å². The van der Waals surface area contributed by atoms with Crippen LogP contribution in [0.3, 0.4) is 0 Å². The fourth-order valence-corrected chi connectivity index (χ4v) is 3.69. The van der Waals surface area contributed by atoms with Crippen LogP contribution >= 0.6 is 0 Å². The SMILES string of the molecule is Cc1cccc(NC(=O)c2cc(O)cc(-c3ccc(C(=O)N4CCNCC4)cc3)c2)c1. The number of nitrogens with zero attached hydrogens (tertiary/aromatic N) is 1. The number of amides is 2. The van der Waals surface area contributed by atoms with Gasteiger partial charge in [0.2, 0.25) is 0 Å². The molecule has 3 aromatic rings. The maximum Gasteiger partial charge on any atom is 0.255 e. The van der Waals surface area contributed by atoms with Crippen molar-refractivity contribution in [2.75, 3.05) is 31.5 Å². The molecule has 0 aromatic heterocycles. The molecule has 6 heteroatoms. The van der Waals surface area contributed by atoms with E-state index in [0.717, 1.165) is 24.2 Å². The lowest BCUT2D eigenvalue weighted by Crippen LogP contribution is -2.46. The molecule has 0 unspecified atom stereocenters. The second-order valence-electron chi connectivity index (χ2n) is 7.71. The Bertz CT molecular complexity index is 1100. The first kappa shape index (κ1) is 20.6. The average molecular weight is 415 g/mol. The number of hydrogen-bond acceptors (Lipinski definition) is 4. The van der Waals surface area contributed by atoms with Crippen LogP contribution in [0.2, 0.25) is 0 Å². The summed E-state index contributed by atoms with van der Waals surface area (Å²) in [5.74, 6) is -0.275. The van der Waals surface area contributed by atoms with E-state index in [0.29, 0.717) is 35.5 Å². The number of carbonyl (C=O) groups is 2. The predicted molar refractivity (Wildman–Crippen MR) is 121 cm³/mol. The van der Waals surface area contributed by atoms with Gasteiger partial charge >= 0.3 is 0 Å². The van der Waals surface area contributed by atoms with Crippen LogP contribution in [-0.4, -0.2) is 48.0 Å². The summed E-state index contributed by atoms with van der Waals surface area (Å²) >= 11 is 0. The number of nitrogens with one attached hydrogen (secondary N) is 2. The van der Waals surface area contributed by atoms with Crippen molar-refractivity contribution in [3.63, 3.8) is 0 Å². The molecule has 1 fully saturated rings. The normalized spacial score (nSPS) is 13.6. The highest BCUT2D eigenvalue weighted by Gasteiger charge is 2.18. The third-order valence-corrected chi connectivity index (χ3v) is 5.33. The molecule has 1 heterocycles. The fourth-order valence-electron chi connectivity index (χ4n) is 3.69. The van der Waals surface area contributed by atoms with Crippen LogP contribution < -0.4 is 10.6 Å². The Balaban J connectivity index is 1.53. The third kappa shape index (κ3) is 4.92. The predicted octanol–water partition coefficient (Wildman–Crippen LogP) is 3.67. The quantitative estimate of drug-likeness (QED) is 0.607. The lowest BCUT2D eigenvalue weighted by molar-refractivity contribution is 0.0735. The van der Waals surface area contributed by atoms with Crippen molar-refractivity contribution in [3.8, 4) is 16.9 Å². The molecule has 0 bridgehead atoms. The molecule has 0 spiro atoms. The van der Waals surface area contributed by atoms with Crippen LogP contribution in [0.5, 0.6) is 5.75 Å². The zero-order chi connectivity index (χ0) is 21.8. The summed E-state index contributed by atoms with van der Waals surface area (Å²) < 4.78 is 0. The minimum absolute atomic E-state index is 0.00728. The van der Waals surface area contributed by atoms with Crippen LogP contribution in [0, 0.1) is 6.92 Å². The zero-order valence-electron chi connectivity index (χ0n) is 17.4. The highest BCUT2D eigenvalue weighted by atomic mass is 16.3. The summed E-state index contributed by atoms with van der Waals surface area (Å²) in [4.78, 5) is 27.2. The molecule has 3 N–H and O–H groups in total. The van der Waals surface area contributed by atoms with Crippen LogP contribution in [-0.2, 0) is 0 Å². The monoisotopic (exact) mass is 415 g/mol. The number of aryl methyl sites for hydroxylation is 1. The van der Waals surface area contributed by atoms with E-state index in [1.807, 2.05) is 48.2 Å². The number of carbonyl (C=O) groups excluding carboxylic acids is 2. The van der Waals surface area contributed by atoms with Crippen LogP contribution in [0.15, 0.2) is 66.7 Å². The number of phenols is 1. The lowest BCUT2D eigenvalue weighted by Gasteiger charge is -2.27. The van der Waals surface area contributed by atoms with Gasteiger partial charge in [-0.25, -0.2) is 0 Å². The second kappa shape index (κ2) is 9.02. The largest absolute Gasteiger partial charge is 0.508 e. The molecule has 0 saturated carbocycles. The lowest BCUT2D eigenvalue weighted by atomic mass is 10.0. The van der Waals surface area contributed by atoms with E-state index < -0.39 is 0 Å². The highest BCUT2D eigenvalue weighted by Crippen LogP contribution is 2.27. The van der Waals surface area contributed by atoms with Gasteiger partial charge in [-0.15, -0.1) is 0 Å². The molecule has 158 valence electrons.